The van der Waals surface area contributed by atoms with E-state index < -0.39 is 17.7 Å². The maximum Gasteiger partial charge on any atom is 0.295 e. The molecule has 1 aliphatic rings. The van der Waals surface area contributed by atoms with Gasteiger partial charge in [0.1, 0.15) is 17.3 Å². The first-order chi connectivity index (χ1) is 14.9. The number of hydrogen-bond acceptors (Lipinski definition) is 5. The molecular weight excluding hydrogens is 394 g/mol. The second-order valence-electron chi connectivity index (χ2n) is 7.78. The van der Waals surface area contributed by atoms with Gasteiger partial charge in [-0.25, -0.2) is 0 Å². The van der Waals surface area contributed by atoms with Crippen molar-refractivity contribution in [3.05, 3.63) is 65.2 Å². The lowest BCUT2D eigenvalue weighted by Gasteiger charge is -2.27. The zero-order valence-corrected chi connectivity index (χ0v) is 18.4. The van der Waals surface area contributed by atoms with Gasteiger partial charge in [0.2, 0.25) is 0 Å². The van der Waals surface area contributed by atoms with E-state index in [2.05, 4.69) is 0 Å². The van der Waals surface area contributed by atoms with Crippen LogP contribution >= 0.6 is 0 Å². The van der Waals surface area contributed by atoms with E-state index in [1.807, 2.05) is 45.0 Å². The van der Waals surface area contributed by atoms with Gasteiger partial charge < -0.3 is 19.5 Å². The number of ketones is 1. The van der Waals surface area contributed by atoms with Crippen molar-refractivity contribution < 1.29 is 24.2 Å². The molecule has 0 aliphatic carbocycles. The highest BCUT2D eigenvalue weighted by Gasteiger charge is 2.46. The van der Waals surface area contributed by atoms with Crippen molar-refractivity contribution in [2.24, 2.45) is 0 Å². The van der Waals surface area contributed by atoms with Crippen molar-refractivity contribution >= 4 is 17.4 Å². The predicted molar refractivity (Wildman–Crippen MR) is 119 cm³/mol. The molecule has 1 aliphatic heterocycles. The lowest BCUT2D eigenvalue weighted by Crippen LogP contribution is -2.31. The number of Topliss-reactive ketones (excluding diaryl/α,β-unsaturated/α-hetero) is 1. The molecule has 1 heterocycles. The Morgan fingerprint density at radius 1 is 1.13 bits per heavy atom. The van der Waals surface area contributed by atoms with Crippen molar-refractivity contribution in [3.63, 3.8) is 0 Å². The fraction of sp³-hybridized carbons (Fsp3) is 0.360. The van der Waals surface area contributed by atoms with Gasteiger partial charge in [-0.3, -0.25) is 9.59 Å². The molecule has 3 rings (SSSR count). The summed E-state index contributed by atoms with van der Waals surface area (Å²) in [6.45, 7) is 6.27. The number of hydrogen-bond donors (Lipinski definition) is 1. The average molecular weight is 424 g/mol. The van der Waals surface area contributed by atoms with Gasteiger partial charge in [0.25, 0.3) is 11.7 Å². The highest BCUT2D eigenvalue weighted by molar-refractivity contribution is 6.46. The SMILES string of the molecule is CCCCN1C(=O)C(=O)/C(=C(\O)c2cccc(OC)c2)C1c1ccccc1OC(C)C. The predicted octanol–water partition coefficient (Wildman–Crippen LogP) is 4.70. The van der Waals surface area contributed by atoms with E-state index >= 15 is 0 Å². The zero-order valence-electron chi connectivity index (χ0n) is 18.4. The number of aliphatic hydroxyl groups excluding tert-OH is 1. The fourth-order valence-electron chi connectivity index (χ4n) is 3.76. The summed E-state index contributed by atoms with van der Waals surface area (Å²) in [5.41, 5.74) is 1.16. The lowest BCUT2D eigenvalue weighted by atomic mass is 9.94. The minimum atomic E-state index is -0.729. The van der Waals surface area contributed by atoms with E-state index in [0.717, 1.165) is 12.8 Å². The van der Waals surface area contributed by atoms with Crippen molar-refractivity contribution in [1.82, 2.24) is 4.90 Å². The molecule has 2 aromatic carbocycles. The van der Waals surface area contributed by atoms with Crippen molar-refractivity contribution in [1.29, 1.82) is 0 Å². The number of aliphatic hydroxyl groups is 1. The normalized spacial score (nSPS) is 18.0. The number of amides is 1. The lowest BCUT2D eigenvalue weighted by molar-refractivity contribution is -0.139. The van der Waals surface area contributed by atoms with E-state index in [1.54, 1.807) is 29.2 Å². The quantitative estimate of drug-likeness (QED) is 0.378. The largest absolute Gasteiger partial charge is 0.507 e. The molecule has 0 saturated carbocycles. The molecule has 6 heteroatoms. The second kappa shape index (κ2) is 9.69. The first-order valence-electron chi connectivity index (χ1n) is 10.6. The number of likely N-dealkylation sites (tertiary alicyclic amines) is 1. The summed E-state index contributed by atoms with van der Waals surface area (Å²) in [5.74, 6) is -0.393. The summed E-state index contributed by atoms with van der Waals surface area (Å²) in [7, 11) is 1.53. The Bertz CT molecular complexity index is 995. The molecule has 0 radical (unpaired) electrons. The fourth-order valence-corrected chi connectivity index (χ4v) is 3.76. The third kappa shape index (κ3) is 4.58. The molecule has 2 aromatic rings. The number of nitrogens with zero attached hydrogens (tertiary/aromatic N) is 1. The van der Waals surface area contributed by atoms with Gasteiger partial charge in [-0.15, -0.1) is 0 Å². The number of para-hydroxylation sites is 1. The van der Waals surface area contributed by atoms with Crippen LogP contribution in [0.2, 0.25) is 0 Å². The summed E-state index contributed by atoms with van der Waals surface area (Å²) < 4.78 is 11.2. The van der Waals surface area contributed by atoms with Crippen LogP contribution in [0.4, 0.5) is 0 Å². The molecule has 0 aromatic heterocycles. The molecule has 1 amide bonds. The number of unbranched alkanes of at least 4 members (excludes halogenated alkanes) is 1. The van der Waals surface area contributed by atoms with Crippen LogP contribution in [0.25, 0.3) is 5.76 Å². The highest BCUT2D eigenvalue weighted by atomic mass is 16.5. The van der Waals surface area contributed by atoms with E-state index in [9.17, 15) is 14.7 Å². The van der Waals surface area contributed by atoms with Gasteiger partial charge in [0.15, 0.2) is 0 Å². The molecule has 1 saturated heterocycles. The first-order valence-corrected chi connectivity index (χ1v) is 10.6. The van der Waals surface area contributed by atoms with Gasteiger partial charge >= 0.3 is 0 Å². The molecule has 1 N–H and O–H groups in total. The Balaban J connectivity index is 2.21. The summed E-state index contributed by atoms with van der Waals surface area (Å²) in [6.07, 6.45) is 1.53. The Morgan fingerprint density at radius 3 is 2.55 bits per heavy atom. The topological polar surface area (TPSA) is 76.1 Å². The van der Waals surface area contributed by atoms with E-state index in [4.69, 9.17) is 9.47 Å². The van der Waals surface area contributed by atoms with Crippen LogP contribution in [-0.2, 0) is 9.59 Å². The van der Waals surface area contributed by atoms with Crippen LogP contribution in [0, 0.1) is 0 Å². The van der Waals surface area contributed by atoms with Gasteiger partial charge in [-0.05, 0) is 38.5 Å². The number of benzene rings is 2. The molecule has 0 spiro atoms. The first kappa shape index (κ1) is 22.4. The number of carbonyl (C=O) groups is 2. The maximum atomic E-state index is 13.1. The monoisotopic (exact) mass is 423 g/mol. The molecule has 31 heavy (non-hydrogen) atoms. The van der Waals surface area contributed by atoms with Crippen LogP contribution in [0.1, 0.15) is 50.8 Å². The summed E-state index contributed by atoms with van der Waals surface area (Å²) in [5, 5.41) is 11.2. The number of ether oxygens (including phenoxy) is 2. The van der Waals surface area contributed by atoms with Gasteiger partial charge in [-0.1, -0.05) is 43.7 Å². The zero-order chi connectivity index (χ0) is 22.5. The number of carbonyl (C=O) groups excluding carboxylic acids is 2. The standard InChI is InChI=1S/C25H29NO5/c1-5-6-14-26-22(19-12-7-8-13-20(19)31-16(2)3)21(24(28)25(26)29)23(27)17-10-9-11-18(15-17)30-4/h7-13,15-16,22,27H,5-6,14H2,1-4H3/b23-21-. The average Bonchev–Trinajstić information content (AvgIpc) is 3.01. The maximum absolute atomic E-state index is 13.1. The van der Waals surface area contributed by atoms with Crippen molar-refractivity contribution in [2.45, 2.75) is 45.8 Å². The van der Waals surface area contributed by atoms with Crippen molar-refractivity contribution in [2.75, 3.05) is 13.7 Å². The molecule has 164 valence electrons. The van der Waals surface area contributed by atoms with Crippen LogP contribution in [0.5, 0.6) is 11.5 Å². The Hall–Kier alpha value is -3.28. The van der Waals surface area contributed by atoms with E-state index in [1.165, 1.54) is 7.11 Å². The summed E-state index contributed by atoms with van der Waals surface area (Å²) in [6, 6.07) is 13.4. The Labute approximate surface area is 183 Å². The molecule has 1 unspecified atom stereocenters. The molecule has 1 atom stereocenters. The molecule has 0 bridgehead atoms. The van der Waals surface area contributed by atoms with Gasteiger partial charge in [0, 0.05) is 17.7 Å². The summed E-state index contributed by atoms with van der Waals surface area (Å²) >= 11 is 0. The number of methoxy groups -OCH3 is 1. The summed E-state index contributed by atoms with van der Waals surface area (Å²) in [4.78, 5) is 27.6. The Kier molecular flexibility index (Phi) is 7.00. The van der Waals surface area contributed by atoms with Crippen LogP contribution in [0.3, 0.4) is 0 Å². The third-order valence-corrected chi connectivity index (χ3v) is 5.21. The third-order valence-electron chi connectivity index (χ3n) is 5.21. The van der Waals surface area contributed by atoms with Crippen LogP contribution in [0.15, 0.2) is 54.1 Å². The van der Waals surface area contributed by atoms with Crippen LogP contribution in [-0.4, -0.2) is 41.5 Å². The van der Waals surface area contributed by atoms with Crippen molar-refractivity contribution in [3.8, 4) is 11.5 Å². The minimum absolute atomic E-state index is 0.0640. The van der Waals surface area contributed by atoms with Gasteiger partial charge in [0.05, 0.1) is 24.8 Å². The van der Waals surface area contributed by atoms with E-state index in [-0.39, 0.29) is 17.4 Å². The minimum Gasteiger partial charge on any atom is -0.507 e. The van der Waals surface area contributed by atoms with Crippen LogP contribution < -0.4 is 9.47 Å². The molecule has 6 nitrogen and oxygen atoms in total. The molecule has 1 fully saturated rings. The highest BCUT2D eigenvalue weighted by Crippen LogP contribution is 2.43. The molecular formula is C25H29NO5. The Morgan fingerprint density at radius 2 is 1.87 bits per heavy atom. The smallest absolute Gasteiger partial charge is 0.295 e. The number of rotatable bonds is 8. The van der Waals surface area contributed by atoms with E-state index in [0.29, 0.717) is 29.2 Å². The second-order valence-corrected chi connectivity index (χ2v) is 7.78. The van der Waals surface area contributed by atoms with Gasteiger partial charge in [-0.2, -0.15) is 0 Å².